The van der Waals surface area contributed by atoms with Gasteiger partial charge >= 0.3 is 0 Å². The van der Waals surface area contributed by atoms with E-state index >= 15 is 0 Å². The van der Waals surface area contributed by atoms with E-state index in [4.69, 9.17) is 4.74 Å². The molecule has 1 heterocycles. The van der Waals surface area contributed by atoms with Crippen LogP contribution in [-0.4, -0.2) is 13.0 Å². The van der Waals surface area contributed by atoms with Gasteiger partial charge in [-0.3, -0.25) is 4.79 Å². The fourth-order valence-electron chi connectivity index (χ4n) is 2.51. The first-order valence-electron chi connectivity index (χ1n) is 5.47. The highest BCUT2D eigenvalue weighted by Gasteiger charge is 2.32. The van der Waals surface area contributed by atoms with Crippen molar-refractivity contribution in [2.75, 3.05) is 7.11 Å². The van der Waals surface area contributed by atoms with Gasteiger partial charge in [0.25, 0.3) is 5.91 Å². The summed E-state index contributed by atoms with van der Waals surface area (Å²) in [4.78, 5) is 11.9. The molecular weight excluding hydrogens is 202 g/mol. The van der Waals surface area contributed by atoms with Crippen LogP contribution in [0.4, 0.5) is 0 Å². The van der Waals surface area contributed by atoms with Crippen molar-refractivity contribution in [3.63, 3.8) is 0 Å². The zero-order chi connectivity index (χ0) is 12.0. The van der Waals surface area contributed by atoms with E-state index in [1.54, 1.807) is 7.11 Å². The average molecular weight is 219 g/mol. The maximum absolute atomic E-state index is 11.9. The van der Waals surface area contributed by atoms with Crippen molar-refractivity contribution in [1.29, 1.82) is 0 Å². The van der Waals surface area contributed by atoms with Crippen LogP contribution in [-0.2, 0) is 0 Å². The standard InChI is InChI=1S/C13H17NO2/c1-6-7(2)10-9(4)14-13(15)11(10)12(16-5)8(6)3/h9H,1-5H3,(H,14,15). The molecule has 1 amide bonds. The number of ether oxygens (including phenoxy) is 1. The van der Waals surface area contributed by atoms with Gasteiger partial charge in [0.1, 0.15) is 5.75 Å². The van der Waals surface area contributed by atoms with Crippen LogP contribution in [0.15, 0.2) is 0 Å². The summed E-state index contributed by atoms with van der Waals surface area (Å²) in [6.07, 6.45) is 0. The number of amides is 1. The van der Waals surface area contributed by atoms with Gasteiger partial charge in [-0.15, -0.1) is 0 Å². The predicted octanol–water partition coefficient (Wildman–Crippen LogP) is 2.42. The van der Waals surface area contributed by atoms with E-state index in [1.807, 2.05) is 13.8 Å². The van der Waals surface area contributed by atoms with Crippen molar-refractivity contribution in [2.45, 2.75) is 33.7 Å². The molecule has 0 saturated heterocycles. The molecule has 1 aromatic carbocycles. The summed E-state index contributed by atoms with van der Waals surface area (Å²) >= 11 is 0. The normalized spacial score (nSPS) is 18.3. The molecule has 1 aliphatic heterocycles. The molecule has 0 fully saturated rings. The van der Waals surface area contributed by atoms with Gasteiger partial charge in [0.05, 0.1) is 18.7 Å². The second-order valence-electron chi connectivity index (χ2n) is 4.39. The van der Waals surface area contributed by atoms with Crippen molar-refractivity contribution >= 4 is 5.91 Å². The number of rotatable bonds is 1. The van der Waals surface area contributed by atoms with Crippen LogP contribution in [0.1, 0.15) is 45.6 Å². The van der Waals surface area contributed by atoms with Gasteiger partial charge in [0, 0.05) is 0 Å². The summed E-state index contributed by atoms with van der Waals surface area (Å²) in [5, 5.41) is 2.93. The Morgan fingerprint density at radius 1 is 1.12 bits per heavy atom. The van der Waals surface area contributed by atoms with Crippen molar-refractivity contribution in [1.82, 2.24) is 5.32 Å². The topological polar surface area (TPSA) is 38.3 Å². The molecule has 0 aromatic heterocycles. The predicted molar refractivity (Wildman–Crippen MR) is 63.1 cm³/mol. The SMILES string of the molecule is COc1c(C)c(C)c(C)c2c1C(=O)NC2C. The molecule has 0 bridgehead atoms. The Kier molecular flexibility index (Phi) is 2.41. The van der Waals surface area contributed by atoms with Crippen molar-refractivity contribution < 1.29 is 9.53 Å². The van der Waals surface area contributed by atoms with E-state index in [1.165, 1.54) is 11.1 Å². The molecule has 1 aromatic rings. The zero-order valence-electron chi connectivity index (χ0n) is 10.4. The first-order chi connectivity index (χ1) is 7.49. The number of hydrogen-bond acceptors (Lipinski definition) is 2. The Hall–Kier alpha value is -1.51. The Balaban J connectivity index is 2.85. The van der Waals surface area contributed by atoms with Gasteiger partial charge < -0.3 is 10.1 Å². The molecule has 1 aliphatic rings. The smallest absolute Gasteiger partial charge is 0.255 e. The lowest BCUT2D eigenvalue weighted by atomic mass is 9.91. The number of carbonyl (C=O) groups is 1. The van der Waals surface area contributed by atoms with Gasteiger partial charge in [-0.25, -0.2) is 0 Å². The molecular formula is C13H17NO2. The van der Waals surface area contributed by atoms with Crippen LogP contribution < -0.4 is 10.1 Å². The molecule has 0 saturated carbocycles. The minimum absolute atomic E-state index is 0.0226. The molecule has 86 valence electrons. The minimum Gasteiger partial charge on any atom is -0.496 e. The molecule has 0 radical (unpaired) electrons. The maximum Gasteiger partial charge on any atom is 0.255 e. The fourth-order valence-corrected chi connectivity index (χ4v) is 2.51. The van der Waals surface area contributed by atoms with Crippen molar-refractivity contribution in [3.8, 4) is 5.75 Å². The molecule has 1 atom stereocenters. The van der Waals surface area contributed by atoms with E-state index in [0.717, 1.165) is 22.4 Å². The Morgan fingerprint density at radius 3 is 2.31 bits per heavy atom. The summed E-state index contributed by atoms with van der Waals surface area (Å²) in [6, 6.07) is 0.0794. The van der Waals surface area contributed by atoms with Crippen molar-refractivity contribution in [2.24, 2.45) is 0 Å². The second-order valence-corrected chi connectivity index (χ2v) is 4.39. The van der Waals surface area contributed by atoms with Gasteiger partial charge in [0.2, 0.25) is 0 Å². The minimum atomic E-state index is -0.0226. The molecule has 16 heavy (non-hydrogen) atoms. The highest BCUT2D eigenvalue weighted by molar-refractivity contribution is 6.02. The Bertz CT molecular complexity index is 478. The van der Waals surface area contributed by atoms with Crippen LogP contribution >= 0.6 is 0 Å². The molecule has 1 N–H and O–H groups in total. The fraction of sp³-hybridized carbons (Fsp3) is 0.462. The van der Waals surface area contributed by atoms with Gasteiger partial charge in [0.15, 0.2) is 0 Å². The quantitative estimate of drug-likeness (QED) is 0.787. The average Bonchev–Trinajstić information content (AvgIpc) is 2.52. The summed E-state index contributed by atoms with van der Waals surface area (Å²) in [5.41, 5.74) is 5.27. The Morgan fingerprint density at radius 2 is 1.75 bits per heavy atom. The van der Waals surface area contributed by atoms with Crippen LogP contribution in [0.25, 0.3) is 0 Å². The lowest BCUT2D eigenvalue weighted by molar-refractivity contribution is 0.0956. The summed E-state index contributed by atoms with van der Waals surface area (Å²) in [7, 11) is 1.62. The first kappa shape index (κ1) is 11.0. The molecule has 0 aliphatic carbocycles. The first-order valence-corrected chi connectivity index (χ1v) is 5.47. The highest BCUT2D eigenvalue weighted by atomic mass is 16.5. The molecule has 0 spiro atoms. The molecule has 1 unspecified atom stereocenters. The number of benzene rings is 1. The number of carbonyl (C=O) groups excluding carboxylic acids is 1. The largest absolute Gasteiger partial charge is 0.496 e. The monoisotopic (exact) mass is 219 g/mol. The van der Waals surface area contributed by atoms with Crippen molar-refractivity contribution in [3.05, 3.63) is 27.8 Å². The molecule has 3 nitrogen and oxygen atoms in total. The Labute approximate surface area is 95.8 Å². The van der Waals surface area contributed by atoms with Gasteiger partial charge in [-0.2, -0.15) is 0 Å². The van der Waals surface area contributed by atoms with E-state index in [0.29, 0.717) is 0 Å². The maximum atomic E-state index is 11.9. The van der Waals surface area contributed by atoms with Crippen LogP contribution in [0.2, 0.25) is 0 Å². The van der Waals surface area contributed by atoms with Gasteiger partial charge in [-0.1, -0.05) is 0 Å². The van der Waals surface area contributed by atoms with Crippen LogP contribution in [0.5, 0.6) is 5.75 Å². The van der Waals surface area contributed by atoms with E-state index < -0.39 is 0 Å². The van der Waals surface area contributed by atoms with E-state index in [9.17, 15) is 4.79 Å². The highest BCUT2D eigenvalue weighted by Crippen LogP contribution is 2.39. The lowest BCUT2D eigenvalue weighted by Crippen LogP contribution is -2.16. The molecule has 2 rings (SSSR count). The summed E-state index contributed by atoms with van der Waals surface area (Å²) in [5.74, 6) is 0.700. The number of methoxy groups -OCH3 is 1. The summed E-state index contributed by atoms with van der Waals surface area (Å²) < 4.78 is 5.38. The number of fused-ring (bicyclic) bond motifs is 1. The van der Waals surface area contributed by atoms with Gasteiger partial charge in [-0.05, 0) is 49.9 Å². The summed E-state index contributed by atoms with van der Waals surface area (Å²) in [6.45, 7) is 8.14. The number of nitrogens with one attached hydrogen (secondary N) is 1. The van der Waals surface area contributed by atoms with Crippen LogP contribution in [0.3, 0.4) is 0 Å². The third-order valence-electron chi connectivity index (χ3n) is 3.58. The third kappa shape index (κ3) is 1.24. The zero-order valence-corrected chi connectivity index (χ0v) is 10.4. The molecule has 3 heteroatoms. The van der Waals surface area contributed by atoms with E-state index in [2.05, 4.69) is 19.2 Å². The number of hydrogen-bond donors (Lipinski definition) is 1. The second kappa shape index (κ2) is 3.51. The van der Waals surface area contributed by atoms with Crippen LogP contribution in [0, 0.1) is 20.8 Å². The third-order valence-corrected chi connectivity index (χ3v) is 3.58. The van der Waals surface area contributed by atoms with E-state index in [-0.39, 0.29) is 11.9 Å². The lowest BCUT2D eigenvalue weighted by Gasteiger charge is -2.16.